The quantitative estimate of drug-likeness (QED) is 0.580. The topological polar surface area (TPSA) is 4.93 Å². The van der Waals surface area contributed by atoms with Crippen molar-refractivity contribution in [2.75, 3.05) is 0 Å². The number of nitrogens with zero attached hydrogens (tertiary/aromatic N) is 1. The van der Waals surface area contributed by atoms with Gasteiger partial charge in [-0.05, 0) is 61.6 Å². The van der Waals surface area contributed by atoms with Crippen LogP contribution >= 0.6 is 11.6 Å². The molecule has 4 rings (SSSR count). The molecule has 1 aliphatic carbocycles. The van der Waals surface area contributed by atoms with Crippen molar-refractivity contribution in [3.8, 4) is 5.69 Å². The number of halogens is 1. The Morgan fingerprint density at radius 2 is 1.70 bits per heavy atom. The zero-order valence-electron chi connectivity index (χ0n) is 11.3. The first-order valence-electron chi connectivity index (χ1n) is 7.22. The summed E-state index contributed by atoms with van der Waals surface area (Å²) in [5.74, 6) is 0. The van der Waals surface area contributed by atoms with Crippen LogP contribution in [-0.2, 0) is 12.8 Å². The second-order valence-electron chi connectivity index (χ2n) is 5.46. The zero-order valence-corrected chi connectivity index (χ0v) is 12.0. The van der Waals surface area contributed by atoms with E-state index < -0.39 is 0 Å². The highest BCUT2D eigenvalue weighted by molar-refractivity contribution is 6.31. The van der Waals surface area contributed by atoms with E-state index in [1.54, 1.807) is 0 Å². The van der Waals surface area contributed by atoms with Gasteiger partial charge in [0.1, 0.15) is 0 Å². The van der Waals surface area contributed by atoms with E-state index in [1.165, 1.54) is 47.1 Å². The monoisotopic (exact) mass is 281 g/mol. The molecule has 2 heteroatoms. The fourth-order valence-corrected chi connectivity index (χ4v) is 3.56. The minimum absolute atomic E-state index is 0.830. The summed E-state index contributed by atoms with van der Waals surface area (Å²) in [5.41, 5.74) is 5.51. The Morgan fingerprint density at radius 1 is 0.900 bits per heavy atom. The first-order chi connectivity index (χ1) is 9.84. The Balaban J connectivity index is 2.09. The van der Waals surface area contributed by atoms with Gasteiger partial charge >= 0.3 is 0 Å². The van der Waals surface area contributed by atoms with Crippen LogP contribution in [-0.4, -0.2) is 4.57 Å². The Morgan fingerprint density at radius 3 is 2.55 bits per heavy atom. The summed E-state index contributed by atoms with van der Waals surface area (Å²) < 4.78 is 2.42. The van der Waals surface area contributed by atoms with Crippen molar-refractivity contribution < 1.29 is 0 Å². The van der Waals surface area contributed by atoms with Crippen molar-refractivity contribution >= 4 is 22.5 Å². The van der Waals surface area contributed by atoms with Gasteiger partial charge in [-0.2, -0.15) is 0 Å². The van der Waals surface area contributed by atoms with Crippen LogP contribution in [0.3, 0.4) is 0 Å². The van der Waals surface area contributed by atoms with Crippen LogP contribution < -0.4 is 0 Å². The molecule has 20 heavy (non-hydrogen) atoms. The highest BCUT2D eigenvalue weighted by Crippen LogP contribution is 2.35. The number of rotatable bonds is 1. The average Bonchev–Trinajstić information content (AvgIpc) is 2.82. The predicted octanol–water partition coefficient (Wildman–Crippen LogP) is 5.16. The molecular weight excluding hydrogens is 266 g/mol. The number of hydrogen-bond donors (Lipinski definition) is 0. The molecule has 0 aliphatic heterocycles. The molecule has 1 heterocycles. The SMILES string of the molecule is Clc1ccc2c(c1)c1c(n2-c2ccccc2)CCCC1. The number of aryl methyl sites for hydroxylation is 1. The summed E-state index contributed by atoms with van der Waals surface area (Å²) in [6, 6.07) is 16.9. The standard InChI is InChI=1S/C18H16ClN/c19-13-10-11-18-16(12-13)15-8-4-5-9-17(15)20(18)14-6-2-1-3-7-14/h1-3,6-7,10-12H,4-5,8-9H2. The Labute approximate surface area is 123 Å². The first-order valence-corrected chi connectivity index (χ1v) is 7.59. The van der Waals surface area contributed by atoms with Gasteiger partial charge in [0.2, 0.25) is 0 Å². The van der Waals surface area contributed by atoms with Gasteiger partial charge in [-0.3, -0.25) is 0 Å². The summed E-state index contributed by atoms with van der Waals surface area (Å²) in [7, 11) is 0. The third-order valence-electron chi connectivity index (χ3n) is 4.25. The van der Waals surface area contributed by atoms with E-state index in [1.807, 2.05) is 6.07 Å². The highest BCUT2D eigenvalue weighted by Gasteiger charge is 2.20. The third-order valence-corrected chi connectivity index (χ3v) is 4.48. The maximum absolute atomic E-state index is 6.21. The fourth-order valence-electron chi connectivity index (χ4n) is 3.39. The van der Waals surface area contributed by atoms with Crippen molar-refractivity contribution in [2.45, 2.75) is 25.7 Å². The molecule has 0 saturated heterocycles. The molecule has 100 valence electrons. The predicted molar refractivity (Wildman–Crippen MR) is 84.9 cm³/mol. The molecule has 0 atom stereocenters. The first kappa shape index (κ1) is 12.0. The van der Waals surface area contributed by atoms with Gasteiger partial charge in [-0.25, -0.2) is 0 Å². The minimum Gasteiger partial charge on any atom is -0.313 e. The van der Waals surface area contributed by atoms with Crippen molar-refractivity contribution in [3.63, 3.8) is 0 Å². The second-order valence-corrected chi connectivity index (χ2v) is 5.90. The molecule has 0 bridgehead atoms. The van der Waals surface area contributed by atoms with Crippen molar-refractivity contribution in [3.05, 3.63) is 64.8 Å². The molecule has 0 amide bonds. The van der Waals surface area contributed by atoms with Gasteiger partial charge in [0.15, 0.2) is 0 Å². The van der Waals surface area contributed by atoms with E-state index in [9.17, 15) is 0 Å². The summed E-state index contributed by atoms with van der Waals surface area (Å²) >= 11 is 6.21. The lowest BCUT2D eigenvalue weighted by Gasteiger charge is -2.16. The van der Waals surface area contributed by atoms with Gasteiger partial charge in [0.05, 0.1) is 5.52 Å². The van der Waals surface area contributed by atoms with E-state index in [2.05, 4.69) is 47.0 Å². The van der Waals surface area contributed by atoms with Gasteiger partial charge in [0, 0.05) is 21.8 Å². The Bertz CT molecular complexity index is 771. The maximum atomic E-state index is 6.21. The summed E-state index contributed by atoms with van der Waals surface area (Å²) in [6.45, 7) is 0. The number of benzene rings is 2. The molecule has 1 nitrogen and oxygen atoms in total. The number of fused-ring (bicyclic) bond motifs is 3. The lowest BCUT2D eigenvalue weighted by Crippen LogP contribution is -2.06. The zero-order chi connectivity index (χ0) is 13.5. The smallest absolute Gasteiger partial charge is 0.0535 e. The number of hydrogen-bond acceptors (Lipinski definition) is 0. The molecule has 0 saturated carbocycles. The molecular formula is C18H16ClN. The van der Waals surface area contributed by atoms with E-state index in [0.29, 0.717) is 0 Å². The van der Waals surface area contributed by atoms with Gasteiger partial charge < -0.3 is 4.57 Å². The number of para-hydroxylation sites is 1. The molecule has 3 aromatic rings. The molecule has 1 aliphatic rings. The molecule has 0 fully saturated rings. The molecule has 0 radical (unpaired) electrons. The van der Waals surface area contributed by atoms with E-state index in [-0.39, 0.29) is 0 Å². The normalized spacial score (nSPS) is 14.4. The Kier molecular flexibility index (Phi) is 2.82. The van der Waals surface area contributed by atoms with Crippen LogP contribution in [0.2, 0.25) is 5.02 Å². The Hall–Kier alpha value is -1.73. The lowest BCUT2D eigenvalue weighted by molar-refractivity contribution is 0.667. The molecule has 1 aromatic heterocycles. The molecule has 0 unspecified atom stereocenters. The van der Waals surface area contributed by atoms with Gasteiger partial charge in [-0.1, -0.05) is 29.8 Å². The lowest BCUT2D eigenvalue weighted by atomic mass is 9.95. The third kappa shape index (κ3) is 1.77. The molecule has 2 aromatic carbocycles. The number of aromatic nitrogens is 1. The maximum Gasteiger partial charge on any atom is 0.0535 e. The highest BCUT2D eigenvalue weighted by atomic mass is 35.5. The van der Waals surface area contributed by atoms with E-state index in [0.717, 1.165) is 11.4 Å². The van der Waals surface area contributed by atoms with Gasteiger partial charge in [-0.15, -0.1) is 0 Å². The van der Waals surface area contributed by atoms with Gasteiger partial charge in [0.25, 0.3) is 0 Å². The van der Waals surface area contributed by atoms with E-state index in [4.69, 9.17) is 11.6 Å². The fraction of sp³-hybridized carbons (Fsp3) is 0.222. The van der Waals surface area contributed by atoms with Crippen LogP contribution in [0.5, 0.6) is 0 Å². The van der Waals surface area contributed by atoms with Crippen LogP contribution in [0.15, 0.2) is 48.5 Å². The summed E-state index contributed by atoms with van der Waals surface area (Å²) in [6.07, 6.45) is 4.90. The van der Waals surface area contributed by atoms with Crippen LogP contribution in [0.25, 0.3) is 16.6 Å². The van der Waals surface area contributed by atoms with Crippen molar-refractivity contribution in [1.29, 1.82) is 0 Å². The van der Waals surface area contributed by atoms with Crippen molar-refractivity contribution in [1.82, 2.24) is 4.57 Å². The molecule has 0 N–H and O–H groups in total. The van der Waals surface area contributed by atoms with Crippen LogP contribution in [0.1, 0.15) is 24.1 Å². The van der Waals surface area contributed by atoms with Crippen LogP contribution in [0, 0.1) is 0 Å². The van der Waals surface area contributed by atoms with E-state index >= 15 is 0 Å². The summed E-state index contributed by atoms with van der Waals surface area (Å²) in [5, 5.41) is 2.16. The van der Waals surface area contributed by atoms with Crippen LogP contribution in [0.4, 0.5) is 0 Å². The largest absolute Gasteiger partial charge is 0.313 e. The minimum atomic E-state index is 0.830. The second kappa shape index (κ2) is 4.68. The molecule has 0 spiro atoms. The summed E-state index contributed by atoms with van der Waals surface area (Å²) in [4.78, 5) is 0. The van der Waals surface area contributed by atoms with Crippen molar-refractivity contribution in [2.24, 2.45) is 0 Å². The average molecular weight is 282 g/mol.